The summed E-state index contributed by atoms with van der Waals surface area (Å²) >= 11 is 0. The number of likely N-dealkylation sites (tertiary alicyclic amines) is 1. The number of nitriles is 1. The Hall–Kier alpha value is -4.05. The monoisotopic (exact) mass is 528 g/mol. The Bertz CT molecular complexity index is 1410. The molecule has 0 unspecified atom stereocenters. The van der Waals surface area contributed by atoms with Gasteiger partial charge in [-0.2, -0.15) is 5.26 Å². The van der Waals surface area contributed by atoms with Crippen molar-refractivity contribution < 1.29 is 27.1 Å². The average molecular weight is 529 g/mol. The number of methoxy groups -OCH3 is 2. The maximum Gasteiger partial charge on any atom is 0.243 e. The topological polar surface area (TPSA) is 153 Å². The Morgan fingerprint density at radius 1 is 1.22 bits per heavy atom. The molecule has 0 saturated carbocycles. The number of sulfonamides is 1. The number of ether oxygens (including phenoxy) is 2. The summed E-state index contributed by atoms with van der Waals surface area (Å²) < 4.78 is 47.4. The maximum atomic E-state index is 13.5. The molecule has 3 heterocycles. The van der Waals surface area contributed by atoms with E-state index in [4.69, 9.17) is 13.9 Å². The zero-order chi connectivity index (χ0) is 26.8. The number of amides is 1. The molecule has 2 aromatic heterocycles. The minimum atomic E-state index is -4.11. The number of piperidine rings is 1. The Morgan fingerprint density at radius 3 is 2.51 bits per heavy atom. The molecule has 0 bridgehead atoms. The van der Waals surface area contributed by atoms with E-state index in [1.165, 1.54) is 36.9 Å². The maximum absolute atomic E-state index is 13.5. The molecule has 196 valence electrons. The Kier molecular flexibility index (Phi) is 7.13. The summed E-state index contributed by atoms with van der Waals surface area (Å²) in [6.07, 6.45) is 2.79. The number of para-hydroxylation sites is 1. The smallest absolute Gasteiger partial charge is 0.243 e. The number of hydrogen-bond donors (Lipinski definition) is 1. The number of nitrogens with one attached hydrogen (secondary N) is 1. The second kappa shape index (κ2) is 10.1. The van der Waals surface area contributed by atoms with Gasteiger partial charge in [0.25, 0.3) is 0 Å². The Morgan fingerprint density at radius 2 is 1.92 bits per heavy atom. The van der Waals surface area contributed by atoms with E-state index in [1.807, 2.05) is 0 Å². The predicted molar refractivity (Wildman–Crippen MR) is 134 cm³/mol. The summed E-state index contributed by atoms with van der Waals surface area (Å²) in [5.41, 5.74) is -0.714. The molecule has 13 heteroatoms. The molecule has 3 aromatic rings. The standard InChI is InChI=1S/C24H28N6O6S/c1-16(14-29-20(31)11-6-12-24(29,2)15-25)37(32,33)28-23-27-26-22(19-10-7-13-36-19)30(23)21-17(34-3)8-5-9-18(21)35-4/h5,7-10,13,16H,6,11-12,14H2,1-4H3,(H,27,28)/t16-,24+/m0/s1. The summed E-state index contributed by atoms with van der Waals surface area (Å²) in [7, 11) is -1.16. The summed E-state index contributed by atoms with van der Waals surface area (Å²) in [6.45, 7) is 2.96. The lowest BCUT2D eigenvalue weighted by atomic mass is 9.89. The van der Waals surface area contributed by atoms with E-state index in [0.717, 1.165) is 0 Å². The number of aromatic nitrogens is 3. The molecule has 1 aromatic carbocycles. The van der Waals surface area contributed by atoms with E-state index in [-0.39, 0.29) is 30.6 Å². The van der Waals surface area contributed by atoms with Crippen LogP contribution >= 0.6 is 0 Å². The van der Waals surface area contributed by atoms with Crippen LogP contribution in [0.4, 0.5) is 5.95 Å². The molecule has 1 aliphatic rings. The number of carbonyl (C=O) groups is 1. The zero-order valence-corrected chi connectivity index (χ0v) is 21.8. The third kappa shape index (κ3) is 4.84. The van der Waals surface area contributed by atoms with Crippen LogP contribution in [0.2, 0.25) is 0 Å². The van der Waals surface area contributed by atoms with Crippen molar-refractivity contribution in [2.45, 2.75) is 43.9 Å². The van der Waals surface area contributed by atoms with Crippen molar-refractivity contribution in [3.63, 3.8) is 0 Å². The predicted octanol–water partition coefficient (Wildman–Crippen LogP) is 2.97. The number of furan rings is 1. The van der Waals surface area contributed by atoms with Gasteiger partial charge >= 0.3 is 0 Å². The first kappa shape index (κ1) is 26.0. The molecule has 1 N–H and O–H groups in total. The van der Waals surface area contributed by atoms with Gasteiger partial charge in [0.15, 0.2) is 5.76 Å². The van der Waals surface area contributed by atoms with Gasteiger partial charge in [0.1, 0.15) is 22.7 Å². The third-order valence-corrected chi connectivity index (χ3v) is 8.10. The lowest BCUT2D eigenvalue weighted by Gasteiger charge is -2.40. The van der Waals surface area contributed by atoms with E-state index in [2.05, 4.69) is 21.0 Å². The molecule has 1 amide bonds. The number of anilines is 1. The van der Waals surface area contributed by atoms with Gasteiger partial charge in [0.2, 0.25) is 27.7 Å². The van der Waals surface area contributed by atoms with Crippen molar-refractivity contribution in [1.82, 2.24) is 19.7 Å². The second-order valence-electron chi connectivity index (χ2n) is 8.87. The molecular formula is C24H28N6O6S. The van der Waals surface area contributed by atoms with Gasteiger partial charge in [0.05, 0.1) is 31.8 Å². The highest BCUT2D eigenvalue weighted by Gasteiger charge is 2.41. The van der Waals surface area contributed by atoms with Gasteiger partial charge in [-0.1, -0.05) is 6.07 Å². The molecule has 1 fully saturated rings. The van der Waals surface area contributed by atoms with E-state index in [0.29, 0.717) is 35.8 Å². The van der Waals surface area contributed by atoms with Crippen molar-refractivity contribution in [3.8, 4) is 34.8 Å². The minimum Gasteiger partial charge on any atom is -0.494 e. The fourth-order valence-corrected chi connectivity index (χ4v) is 5.24. The SMILES string of the molecule is COc1cccc(OC)c1-n1c(NS(=O)(=O)[C@@H](C)CN2C(=O)CCC[C@]2(C)C#N)nnc1-c1ccco1. The number of nitrogens with zero attached hydrogens (tertiary/aromatic N) is 5. The molecular weight excluding hydrogens is 500 g/mol. The number of benzene rings is 1. The van der Waals surface area contributed by atoms with Gasteiger partial charge in [-0.05, 0) is 51.0 Å². The fourth-order valence-electron chi connectivity index (χ4n) is 4.31. The molecule has 37 heavy (non-hydrogen) atoms. The second-order valence-corrected chi connectivity index (χ2v) is 11.0. The number of rotatable bonds is 9. The molecule has 12 nitrogen and oxygen atoms in total. The van der Waals surface area contributed by atoms with Gasteiger partial charge in [-0.15, -0.1) is 10.2 Å². The lowest BCUT2D eigenvalue weighted by molar-refractivity contribution is -0.138. The fraction of sp³-hybridized carbons (Fsp3) is 0.417. The van der Waals surface area contributed by atoms with Gasteiger partial charge in [0, 0.05) is 13.0 Å². The largest absolute Gasteiger partial charge is 0.494 e. The van der Waals surface area contributed by atoms with Crippen LogP contribution in [0, 0.1) is 11.3 Å². The lowest BCUT2D eigenvalue weighted by Crippen LogP contribution is -2.55. The summed E-state index contributed by atoms with van der Waals surface area (Å²) in [6, 6.07) is 10.6. The van der Waals surface area contributed by atoms with E-state index < -0.39 is 20.8 Å². The highest BCUT2D eigenvalue weighted by Crippen LogP contribution is 2.38. The van der Waals surface area contributed by atoms with Crippen LogP contribution < -0.4 is 14.2 Å². The molecule has 0 spiro atoms. The molecule has 1 saturated heterocycles. The average Bonchev–Trinajstić information content (AvgIpc) is 3.55. The van der Waals surface area contributed by atoms with E-state index >= 15 is 0 Å². The van der Waals surface area contributed by atoms with Gasteiger partial charge < -0.3 is 18.8 Å². The van der Waals surface area contributed by atoms with Crippen molar-refractivity contribution in [2.24, 2.45) is 0 Å². The molecule has 4 rings (SSSR count). The minimum absolute atomic E-state index is 0.130. The van der Waals surface area contributed by atoms with Crippen LogP contribution in [-0.2, 0) is 14.8 Å². The van der Waals surface area contributed by atoms with Crippen LogP contribution in [-0.4, -0.2) is 65.5 Å². The van der Waals surface area contributed by atoms with Gasteiger partial charge in [-0.25, -0.2) is 8.42 Å². The Labute approximate surface area is 214 Å². The van der Waals surface area contributed by atoms with Crippen molar-refractivity contribution in [3.05, 3.63) is 36.6 Å². The van der Waals surface area contributed by atoms with Crippen LogP contribution in [0.1, 0.15) is 33.1 Å². The first-order valence-electron chi connectivity index (χ1n) is 11.6. The summed E-state index contributed by atoms with van der Waals surface area (Å²) in [5, 5.41) is 16.9. The number of carbonyl (C=O) groups excluding carboxylic acids is 1. The van der Waals surface area contributed by atoms with Crippen molar-refractivity contribution >= 4 is 21.9 Å². The van der Waals surface area contributed by atoms with Crippen LogP contribution in [0.25, 0.3) is 17.3 Å². The van der Waals surface area contributed by atoms with Crippen LogP contribution in [0.5, 0.6) is 11.5 Å². The highest BCUT2D eigenvalue weighted by atomic mass is 32.2. The first-order valence-corrected chi connectivity index (χ1v) is 13.1. The normalized spacial score (nSPS) is 18.8. The van der Waals surface area contributed by atoms with E-state index in [9.17, 15) is 18.5 Å². The quantitative estimate of drug-likeness (QED) is 0.442. The zero-order valence-electron chi connectivity index (χ0n) is 21.0. The van der Waals surface area contributed by atoms with Crippen molar-refractivity contribution in [2.75, 3.05) is 25.5 Å². The highest BCUT2D eigenvalue weighted by molar-refractivity contribution is 7.93. The molecule has 1 aliphatic heterocycles. The summed E-state index contributed by atoms with van der Waals surface area (Å²) in [4.78, 5) is 13.9. The number of hydrogen-bond acceptors (Lipinski definition) is 9. The molecule has 0 radical (unpaired) electrons. The third-order valence-electron chi connectivity index (χ3n) is 6.42. The molecule has 0 aliphatic carbocycles. The first-order chi connectivity index (χ1) is 17.6. The van der Waals surface area contributed by atoms with E-state index in [1.54, 1.807) is 37.3 Å². The van der Waals surface area contributed by atoms with Crippen molar-refractivity contribution in [1.29, 1.82) is 5.26 Å². The summed E-state index contributed by atoms with van der Waals surface area (Å²) in [5.74, 6) is 0.922. The Balaban J connectivity index is 1.75. The molecule has 2 atom stereocenters. The van der Waals surface area contributed by atoms with Crippen LogP contribution in [0.15, 0.2) is 41.0 Å². The van der Waals surface area contributed by atoms with Gasteiger partial charge in [-0.3, -0.25) is 14.1 Å². The van der Waals surface area contributed by atoms with Crippen LogP contribution in [0.3, 0.4) is 0 Å².